The van der Waals surface area contributed by atoms with Crippen molar-refractivity contribution < 1.29 is 19.2 Å². The molecule has 0 radical (unpaired) electrons. The van der Waals surface area contributed by atoms with Gasteiger partial charge in [-0.2, -0.15) is 0 Å². The number of rotatable bonds is 6. The minimum atomic E-state index is -0.765. The van der Waals surface area contributed by atoms with E-state index in [-0.39, 0.29) is 17.7 Å². The van der Waals surface area contributed by atoms with Crippen LogP contribution in [0.25, 0.3) is 6.08 Å². The molecule has 4 rings (SSSR count). The van der Waals surface area contributed by atoms with Crippen molar-refractivity contribution in [3.8, 4) is 0 Å². The lowest BCUT2D eigenvalue weighted by Gasteiger charge is -2.37. The van der Waals surface area contributed by atoms with E-state index in [0.29, 0.717) is 55.5 Å². The molecule has 35 heavy (non-hydrogen) atoms. The molecule has 3 aliphatic heterocycles. The molecule has 0 unspecified atom stereocenters. The summed E-state index contributed by atoms with van der Waals surface area (Å²) in [5.41, 5.74) is 0.0124. The van der Waals surface area contributed by atoms with Gasteiger partial charge in [-0.25, -0.2) is 4.79 Å². The van der Waals surface area contributed by atoms with Gasteiger partial charge in [0, 0.05) is 51.8 Å². The highest BCUT2D eigenvalue weighted by Crippen LogP contribution is 2.26. The first kappa shape index (κ1) is 25.5. The lowest BCUT2D eigenvalue weighted by Crippen LogP contribution is -2.55. The molecule has 0 atom stereocenters. The Kier molecular flexibility index (Phi) is 7.98. The molecule has 3 saturated heterocycles. The van der Waals surface area contributed by atoms with Crippen molar-refractivity contribution in [3.63, 3.8) is 0 Å². The van der Waals surface area contributed by atoms with Gasteiger partial charge in [-0.05, 0) is 49.6 Å². The summed E-state index contributed by atoms with van der Waals surface area (Å²) in [6.45, 7) is 4.24. The molecule has 3 fully saturated rings. The number of amides is 5. The molecule has 1 aromatic rings. The lowest BCUT2D eigenvalue weighted by molar-refractivity contribution is -0.130. The number of halogens is 2. The molecule has 2 N–H and O–H groups in total. The van der Waals surface area contributed by atoms with Gasteiger partial charge in [0.25, 0.3) is 5.91 Å². The Morgan fingerprint density at radius 3 is 2.46 bits per heavy atom. The van der Waals surface area contributed by atoms with Gasteiger partial charge in [0.2, 0.25) is 11.8 Å². The highest BCUT2D eigenvalue weighted by molar-refractivity contribution is 6.42. The molecule has 0 saturated carbocycles. The molecule has 9 nitrogen and oxygen atoms in total. The number of carbonyl (C=O) groups excluding carboxylic acids is 4. The summed E-state index contributed by atoms with van der Waals surface area (Å²) in [5, 5.41) is 5.98. The summed E-state index contributed by atoms with van der Waals surface area (Å²) in [6, 6.07) is 4.75. The third kappa shape index (κ3) is 6.15. The molecular formula is C24H29Cl2N5O4. The summed E-state index contributed by atoms with van der Waals surface area (Å²) >= 11 is 12.0. The molecule has 1 spiro atoms. The van der Waals surface area contributed by atoms with Crippen molar-refractivity contribution in [1.82, 2.24) is 25.3 Å². The van der Waals surface area contributed by atoms with Crippen LogP contribution in [-0.2, 0) is 14.4 Å². The number of benzene rings is 1. The minimum absolute atomic E-state index is 0.0525. The summed E-state index contributed by atoms with van der Waals surface area (Å²) in [7, 11) is 0. The molecule has 3 heterocycles. The zero-order valence-electron chi connectivity index (χ0n) is 19.4. The largest absolute Gasteiger partial charge is 0.341 e. The molecule has 5 amide bonds. The van der Waals surface area contributed by atoms with Gasteiger partial charge in [-0.15, -0.1) is 0 Å². The van der Waals surface area contributed by atoms with Crippen LogP contribution in [0.2, 0.25) is 10.0 Å². The first-order valence-electron chi connectivity index (χ1n) is 11.8. The highest BCUT2D eigenvalue weighted by atomic mass is 35.5. The van der Waals surface area contributed by atoms with Crippen LogP contribution >= 0.6 is 23.2 Å². The highest BCUT2D eigenvalue weighted by Gasteiger charge is 2.47. The van der Waals surface area contributed by atoms with Crippen LogP contribution in [0.5, 0.6) is 0 Å². The number of likely N-dealkylation sites (tertiary alicyclic amines) is 1. The van der Waals surface area contributed by atoms with Gasteiger partial charge >= 0.3 is 6.03 Å². The van der Waals surface area contributed by atoms with E-state index in [1.54, 1.807) is 29.2 Å². The monoisotopic (exact) mass is 521 g/mol. The van der Waals surface area contributed by atoms with Crippen molar-refractivity contribution in [3.05, 3.63) is 39.9 Å². The molecule has 0 aromatic heterocycles. The van der Waals surface area contributed by atoms with E-state index in [4.69, 9.17) is 23.2 Å². The van der Waals surface area contributed by atoms with E-state index in [9.17, 15) is 19.2 Å². The third-order valence-corrected chi connectivity index (χ3v) is 7.63. The average Bonchev–Trinajstić information content (AvgIpc) is 2.98. The maximum atomic E-state index is 12.6. The fourth-order valence-electron chi connectivity index (χ4n) is 4.74. The van der Waals surface area contributed by atoms with Gasteiger partial charge < -0.3 is 20.0 Å². The van der Waals surface area contributed by atoms with Crippen molar-refractivity contribution >= 4 is 53.0 Å². The van der Waals surface area contributed by atoms with Gasteiger partial charge in [-0.1, -0.05) is 29.3 Å². The van der Waals surface area contributed by atoms with Crippen LogP contribution in [0.4, 0.5) is 4.79 Å². The fourth-order valence-corrected chi connectivity index (χ4v) is 5.04. The van der Waals surface area contributed by atoms with Gasteiger partial charge in [0.05, 0.1) is 10.0 Å². The van der Waals surface area contributed by atoms with Crippen LogP contribution in [-0.4, -0.2) is 89.8 Å². The fraction of sp³-hybridized carbons (Fsp3) is 0.500. The Morgan fingerprint density at radius 2 is 1.77 bits per heavy atom. The van der Waals surface area contributed by atoms with Gasteiger partial charge in [0.1, 0.15) is 5.54 Å². The van der Waals surface area contributed by atoms with E-state index in [2.05, 4.69) is 15.5 Å². The van der Waals surface area contributed by atoms with Crippen LogP contribution in [0.3, 0.4) is 0 Å². The first-order chi connectivity index (χ1) is 16.8. The summed E-state index contributed by atoms with van der Waals surface area (Å²) in [4.78, 5) is 54.6. The van der Waals surface area contributed by atoms with Crippen LogP contribution in [0.15, 0.2) is 24.3 Å². The number of hydrogen-bond donors (Lipinski definition) is 2. The second kappa shape index (κ2) is 11.0. The Morgan fingerprint density at radius 1 is 1.00 bits per heavy atom. The third-order valence-electron chi connectivity index (χ3n) is 6.89. The molecule has 0 aliphatic carbocycles. The quantitative estimate of drug-likeness (QED) is 0.441. The van der Waals surface area contributed by atoms with Gasteiger partial charge in [0.15, 0.2) is 0 Å². The van der Waals surface area contributed by atoms with Crippen molar-refractivity contribution in [2.24, 2.45) is 0 Å². The number of carbonyl (C=O) groups is 4. The van der Waals surface area contributed by atoms with Crippen LogP contribution < -0.4 is 10.6 Å². The van der Waals surface area contributed by atoms with Gasteiger partial charge in [-0.3, -0.25) is 19.7 Å². The van der Waals surface area contributed by atoms with Crippen molar-refractivity contribution in [2.75, 3.05) is 45.8 Å². The van der Waals surface area contributed by atoms with E-state index in [1.165, 1.54) is 6.08 Å². The standard InChI is InChI=1S/C24H29Cl2N5O4/c25-18-4-2-17(16-19(18)26)3-5-20(32)31-11-6-21(33)30(14-15-31)10-1-9-29-12-7-24(8-13-29)22(34)27-23(35)28-24/h2-5,16H,1,6-15H2,(H2,27,28,34,35)/b5-3+. The Hall–Kier alpha value is -2.62. The average molecular weight is 522 g/mol. The Bertz CT molecular complexity index is 1040. The normalized spacial score (nSPS) is 20.9. The number of nitrogens with one attached hydrogen (secondary N) is 2. The van der Waals surface area contributed by atoms with Crippen LogP contribution in [0, 0.1) is 0 Å². The second-order valence-corrected chi connectivity index (χ2v) is 9.96. The van der Waals surface area contributed by atoms with Crippen LogP contribution in [0.1, 0.15) is 31.2 Å². The maximum Gasteiger partial charge on any atom is 0.322 e. The molecule has 1 aromatic carbocycles. The van der Waals surface area contributed by atoms with Crippen molar-refractivity contribution in [2.45, 2.75) is 31.2 Å². The number of imide groups is 1. The van der Waals surface area contributed by atoms with E-state index in [1.807, 2.05) is 4.90 Å². The topological polar surface area (TPSA) is 102 Å². The SMILES string of the molecule is O=C1NC(=O)C2(CCN(CCCN3CCN(C(=O)/C=C/c4ccc(Cl)c(Cl)c4)CCC3=O)CC2)N1. The number of piperidine rings is 1. The molecule has 3 aliphatic rings. The Labute approximate surface area is 214 Å². The number of hydrogen-bond acceptors (Lipinski definition) is 5. The van der Waals surface area contributed by atoms with E-state index < -0.39 is 11.6 Å². The molecule has 0 bridgehead atoms. The molecule has 188 valence electrons. The van der Waals surface area contributed by atoms with Crippen molar-refractivity contribution in [1.29, 1.82) is 0 Å². The number of urea groups is 1. The molecular weight excluding hydrogens is 493 g/mol. The predicted molar refractivity (Wildman–Crippen MR) is 133 cm³/mol. The van der Waals surface area contributed by atoms with E-state index in [0.717, 1.165) is 31.6 Å². The van der Waals surface area contributed by atoms with E-state index >= 15 is 0 Å². The summed E-state index contributed by atoms with van der Waals surface area (Å²) in [5.74, 6) is -0.323. The zero-order valence-corrected chi connectivity index (χ0v) is 20.9. The second-order valence-electron chi connectivity index (χ2n) is 9.15. The Balaban J connectivity index is 1.21. The maximum absolute atomic E-state index is 12.6. The number of nitrogens with zero attached hydrogens (tertiary/aromatic N) is 3. The lowest BCUT2D eigenvalue weighted by atomic mass is 9.87. The zero-order chi connectivity index (χ0) is 25.0. The smallest absolute Gasteiger partial charge is 0.322 e. The summed E-state index contributed by atoms with van der Waals surface area (Å²) in [6.07, 6.45) is 5.46. The summed E-state index contributed by atoms with van der Waals surface area (Å²) < 4.78 is 0. The molecule has 11 heteroatoms. The first-order valence-corrected chi connectivity index (χ1v) is 12.6. The predicted octanol–water partition coefficient (Wildman–Crippen LogP) is 2.13. The minimum Gasteiger partial charge on any atom is -0.341 e.